The Morgan fingerprint density at radius 1 is 1.31 bits per heavy atom. The molecule has 3 nitrogen and oxygen atoms in total. The summed E-state index contributed by atoms with van der Waals surface area (Å²) < 4.78 is 0. The first-order valence-corrected chi connectivity index (χ1v) is 4.22. The molecule has 0 unspecified atom stereocenters. The summed E-state index contributed by atoms with van der Waals surface area (Å²) in [5, 5.41) is 0. The fraction of sp³-hybridized carbons (Fsp3) is 0.400. The highest BCUT2D eigenvalue weighted by Crippen LogP contribution is 2.06. The Labute approximate surface area is 79.9 Å². The van der Waals surface area contributed by atoms with Crippen LogP contribution in [0.5, 0.6) is 0 Å². The second-order valence-electron chi connectivity index (χ2n) is 2.61. The highest BCUT2D eigenvalue weighted by atomic mass is 16.6. The van der Waals surface area contributed by atoms with Crippen LogP contribution in [0.4, 0.5) is 0 Å². The Bertz CT molecular complexity index is 197. The summed E-state index contributed by atoms with van der Waals surface area (Å²) in [6.45, 7) is 1.98. The van der Waals surface area contributed by atoms with E-state index in [1.165, 1.54) is 5.56 Å². The van der Waals surface area contributed by atoms with Gasteiger partial charge in [0.15, 0.2) is 0 Å². The molecule has 0 spiro atoms. The molecule has 3 N–H and O–H groups in total. The zero-order valence-electron chi connectivity index (χ0n) is 8.45. The van der Waals surface area contributed by atoms with Gasteiger partial charge in [0.1, 0.15) is 0 Å². The molecule has 1 rings (SSSR count). The minimum Gasteiger partial charge on any atom is -0.324 e. The van der Waals surface area contributed by atoms with Gasteiger partial charge in [0, 0.05) is 13.1 Å². The lowest BCUT2D eigenvalue weighted by Gasteiger charge is -2.02. The zero-order chi connectivity index (χ0) is 10.1. The van der Waals surface area contributed by atoms with Crippen LogP contribution >= 0.6 is 0 Å². The van der Waals surface area contributed by atoms with E-state index in [9.17, 15) is 0 Å². The van der Waals surface area contributed by atoms with E-state index in [0.717, 1.165) is 0 Å². The molecule has 3 heteroatoms. The highest BCUT2D eigenvalue weighted by molar-refractivity contribution is 5.17. The van der Waals surface area contributed by atoms with Crippen molar-refractivity contribution < 1.29 is 4.84 Å². The average molecular weight is 182 g/mol. The minimum atomic E-state index is 0.159. The van der Waals surface area contributed by atoms with Gasteiger partial charge >= 0.3 is 0 Å². The summed E-state index contributed by atoms with van der Waals surface area (Å²) in [5.74, 6) is 0. The summed E-state index contributed by atoms with van der Waals surface area (Å²) in [5.41, 5.74) is 9.24. The van der Waals surface area contributed by atoms with Gasteiger partial charge in [-0.25, -0.2) is 5.48 Å². The molecule has 1 aromatic carbocycles. The predicted molar refractivity (Wildman–Crippen MR) is 55.1 cm³/mol. The molecule has 0 aliphatic carbocycles. The second-order valence-corrected chi connectivity index (χ2v) is 2.61. The summed E-state index contributed by atoms with van der Waals surface area (Å²) in [6.07, 6.45) is 0. The van der Waals surface area contributed by atoms with Crippen molar-refractivity contribution in [3.63, 3.8) is 0 Å². The third-order valence-corrected chi connectivity index (χ3v) is 1.53. The van der Waals surface area contributed by atoms with E-state index >= 15 is 0 Å². The molecule has 0 fully saturated rings. The molecule has 0 saturated heterocycles. The van der Waals surface area contributed by atoms with Gasteiger partial charge in [-0.1, -0.05) is 30.3 Å². The quantitative estimate of drug-likeness (QED) is 0.681. The maximum absolute atomic E-state index is 5.61. The fourth-order valence-electron chi connectivity index (χ4n) is 0.757. The van der Waals surface area contributed by atoms with Crippen molar-refractivity contribution in [1.82, 2.24) is 5.48 Å². The van der Waals surface area contributed by atoms with Gasteiger partial charge in [0.2, 0.25) is 0 Å². The van der Waals surface area contributed by atoms with E-state index in [4.69, 9.17) is 5.73 Å². The standard InChI is InChI=1S/C8H11N.C2H7NO/c1-7(9)8-5-3-2-4-6-8;1-3-4-2/h2-7H,9H2,1H3;3H,1-2H3/t7-;/m0./s1. The molecular formula is C10H18N2O. The van der Waals surface area contributed by atoms with Crippen LogP contribution in [0, 0.1) is 0 Å². The number of hydroxylamine groups is 1. The number of nitrogens with two attached hydrogens (primary N) is 1. The van der Waals surface area contributed by atoms with Crippen LogP contribution in [0.3, 0.4) is 0 Å². The van der Waals surface area contributed by atoms with Gasteiger partial charge < -0.3 is 10.6 Å². The average Bonchev–Trinajstić information content (AvgIpc) is 2.19. The van der Waals surface area contributed by atoms with Crippen molar-refractivity contribution in [3.05, 3.63) is 35.9 Å². The van der Waals surface area contributed by atoms with E-state index < -0.39 is 0 Å². The van der Waals surface area contributed by atoms with E-state index in [-0.39, 0.29) is 6.04 Å². The second kappa shape index (κ2) is 7.73. The molecule has 1 atom stereocenters. The van der Waals surface area contributed by atoms with Crippen molar-refractivity contribution >= 4 is 0 Å². The summed E-state index contributed by atoms with van der Waals surface area (Å²) in [6, 6.07) is 10.2. The molecule has 74 valence electrons. The number of hydrogen-bond acceptors (Lipinski definition) is 3. The van der Waals surface area contributed by atoms with Crippen LogP contribution < -0.4 is 11.2 Å². The molecule has 0 aliphatic rings. The van der Waals surface area contributed by atoms with Crippen LogP contribution in [0.15, 0.2) is 30.3 Å². The predicted octanol–water partition coefficient (Wildman–Crippen LogP) is 1.47. The van der Waals surface area contributed by atoms with E-state index in [1.807, 2.05) is 37.3 Å². The molecule has 0 heterocycles. The molecule has 1 aromatic rings. The third kappa shape index (κ3) is 6.28. The van der Waals surface area contributed by atoms with Crippen LogP contribution in [0.25, 0.3) is 0 Å². The first-order chi connectivity index (χ1) is 6.22. The molecule has 0 aromatic heterocycles. The Kier molecular flexibility index (Phi) is 7.20. The van der Waals surface area contributed by atoms with Crippen molar-refractivity contribution in [2.75, 3.05) is 14.2 Å². The van der Waals surface area contributed by atoms with Crippen molar-refractivity contribution in [1.29, 1.82) is 0 Å². The number of hydrogen-bond donors (Lipinski definition) is 2. The number of nitrogens with one attached hydrogen (secondary N) is 1. The lowest BCUT2D eigenvalue weighted by molar-refractivity contribution is 0.112. The Balaban J connectivity index is 0.000000310. The van der Waals surface area contributed by atoms with Crippen LogP contribution in [0.2, 0.25) is 0 Å². The lowest BCUT2D eigenvalue weighted by atomic mass is 10.1. The number of rotatable bonds is 2. The minimum absolute atomic E-state index is 0.159. The maximum atomic E-state index is 5.61. The summed E-state index contributed by atoms with van der Waals surface area (Å²) in [7, 11) is 3.28. The van der Waals surface area contributed by atoms with E-state index in [1.54, 1.807) is 14.2 Å². The van der Waals surface area contributed by atoms with Crippen LogP contribution in [0.1, 0.15) is 18.5 Å². The molecule has 13 heavy (non-hydrogen) atoms. The Morgan fingerprint density at radius 3 is 2.00 bits per heavy atom. The lowest BCUT2D eigenvalue weighted by Crippen LogP contribution is -2.03. The Hall–Kier alpha value is -0.900. The van der Waals surface area contributed by atoms with Crippen LogP contribution in [-0.4, -0.2) is 14.2 Å². The molecule has 0 amide bonds. The number of benzene rings is 1. The van der Waals surface area contributed by atoms with Gasteiger partial charge in [0.05, 0.1) is 7.11 Å². The Morgan fingerprint density at radius 2 is 1.77 bits per heavy atom. The first kappa shape index (κ1) is 12.1. The van der Waals surface area contributed by atoms with Crippen molar-refractivity contribution in [3.8, 4) is 0 Å². The summed E-state index contributed by atoms with van der Waals surface area (Å²) >= 11 is 0. The topological polar surface area (TPSA) is 47.3 Å². The van der Waals surface area contributed by atoms with Crippen molar-refractivity contribution in [2.24, 2.45) is 5.73 Å². The molecule has 0 saturated carbocycles. The normalized spacial score (nSPS) is 11.4. The molecule has 0 bridgehead atoms. The van der Waals surface area contributed by atoms with Gasteiger partial charge in [-0.05, 0) is 12.5 Å². The highest BCUT2D eigenvalue weighted by Gasteiger charge is 1.93. The SMILES string of the molecule is CNOC.C[C@H](N)c1ccccc1. The van der Waals surface area contributed by atoms with Crippen molar-refractivity contribution in [2.45, 2.75) is 13.0 Å². The first-order valence-electron chi connectivity index (χ1n) is 4.22. The van der Waals surface area contributed by atoms with Crippen LogP contribution in [-0.2, 0) is 4.84 Å². The monoisotopic (exact) mass is 182 g/mol. The van der Waals surface area contributed by atoms with E-state index in [2.05, 4.69) is 10.3 Å². The maximum Gasteiger partial charge on any atom is 0.0572 e. The fourth-order valence-corrected chi connectivity index (χ4v) is 0.757. The van der Waals surface area contributed by atoms with E-state index in [0.29, 0.717) is 0 Å². The molecule has 0 aliphatic heterocycles. The zero-order valence-corrected chi connectivity index (χ0v) is 8.45. The molecule has 0 radical (unpaired) electrons. The third-order valence-electron chi connectivity index (χ3n) is 1.53. The largest absolute Gasteiger partial charge is 0.324 e. The van der Waals surface area contributed by atoms with Gasteiger partial charge in [0.25, 0.3) is 0 Å². The molecular weight excluding hydrogens is 164 g/mol. The van der Waals surface area contributed by atoms with Gasteiger partial charge in [-0.15, -0.1) is 0 Å². The smallest absolute Gasteiger partial charge is 0.0572 e. The van der Waals surface area contributed by atoms with Gasteiger partial charge in [-0.2, -0.15) is 0 Å². The van der Waals surface area contributed by atoms with Gasteiger partial charge in [-0.3, -0.25) is 0 Å². The summed E-state index contributed by atoms with van der Waals surface area (Å²) in [4.78, 5) is 4.29.